The predicted molar refractivity (Wildman–Crippen MR) is 51.7 cm³/mol. The Morgan fingerprint density at radius 2 is 2.00 bits per heavy atom. The van der Waals surface area contributed by atoms with E-state index in [-0.39, 0.29) is 0 Å². The Bertz CT molecular complexity index is 269. The van der Waals surface area contributed by atoms with Gasteiger partial charge in [0.15, 0.2) is 0 Å². The zero-order valence-corrected chi connectivity index (χ0v) is 7.76. The van der Waals surface area contributed by atoms with Crippen LogP contribution < -0.4 is 5.32 Å². The summed E-state index contributed by atoms with van der Waals surface area (Å²) in [7, 11) is 1.86. The number of aromatic hydroxyl groups is 1. The zero-order valence-electron chi connectivity index (χ0n) is 7.76. The summed E-state index contributed by atoms with van der Waals surface area (Å²) in [6.07, 6.45) is 0. The number of phenolic OH excluding ortho intramolecular Hbond substituents is 1. The molecule has 0 aromatic heterocycles. The third kappa shape index (κ3) is 1.70. The Morgan fingerprint density at radius 3 is 2.50 bits per heavy atom. The van der Waals surface area contributed by atoms with Crippen molar-refractivity contribution in [2.75, 3.05) is 12.4 Å². The van der Waals surface area contributed by atoms with E-state index in [2.05, 4.69) is 19.2 Å². The van der Waals surface area contributed by atoms with Crippen molar-refractivity contribution in [2.45, 2.75) is 19.8 Å². The van der Waals surface area contributed by atoms with E-state index in [1.165, 1.54) is 5.56 Å². The average molecular weight is 165 g/mol. The maximum absolute atomic E-state index is 9.21. The van der Waals surface area contributed by atoms with Crippen LogP contribution in [0.2, 0.25) is 0 Å². The molecule has 0 bridgehead atoms. The van der Waals surface area contributed by atoms with Gasteiger partial charge < -0.3 is 10.4 Å². The van der Waals surface area contributed by atoms with Gasteiger partial charge in [-0.2, -0.15) is 0 Å². The van der Waals surface area contributed by atoms with Crippen LogP contribution in [0, 0.1) is 0 Å². The van der Waals surface area contributed by atoms with E-state index >= 15 is 0 Å². The monoisotopic (exact) mass is 165 g/mol. The fraction of sp³-hybridized carbons (Fsp3) is 0.400. The minimum Gasteiger partial charge on any atom is -0.508 e. The molecule has 0 radical (unpaired) electrons. The second kappa shape index (κ2) is 3.48. The van der Waals surface area contributed by atoms with Crippen molar-refractivity contribution in [1.82, 2.24) is 0 Å². The number of rotatable bonds is 2. The number of benzene rings is 1. The number of nitrogens with one attached hydrogen (secondary N) is 1. The van der Waals surface area contributed by atoms with Gasteiger partial charge in [0.2, 0.25) is 0 Å². The van der Waals surface area contributed by atoms with Gasteiger partial charge in [-0.15, -0.1) is 0 Å². The third-order valence-electron chi connectivity index (χ3n) is 1.93. The third-order valence-corrected chi connectivity index (χ3v) is 1.93. The molecule has 1 aromatic rings. The molecule has 0 saturated carbocycles. The number of hydrogen-bond donors (Lipinski definition) is 2. The summed E-state index contributed by atoms with van der Waals surface area (Å²) in [5, 5.41) is 12.3. The lowest BCUT2D eigenvalue weighted by Crippen LogP contribution is -1.96. The van der Waals surface area contributed by atoms with Gasteiger partial charge in [0.1, 0.15) is 5.75 Å². The first-order valence-electron chi connectivity index (χ1n) is 4.16. The number of phenols is 1. The highest BCUT2D eigenvalue weighted by atomic mass is 16.3. The maximum Gasteiger partial charge on any atom is 0.117 e. The van der Waals surface area contributed by atoms with Gasteiger partial charge in [-0.05, 0) is 17.5 Å². The van der Waals surface area contributed by atoms with Gasteiger partial charge in [-0.1, -0.05) is 19.9 Å². The molecule has 66 valence electrons. The topological polar surface area (TPSA) is 32.3 Å². The highest BCUT2D eigenvalue weighted by molar-refractivity contribution is 5.55. The normalized spacial score (nSPS) is 10.3. The molecule has 0 unspecified atom stereocenters. The first-order valence-corrected chi connectivity index (χ1v) is 4.16. The van der Waals surface area contributed by atoms with Crippen LogP contribution in [0.3, 0.4) is 0 Å². The van der Waals surface area contributed by atoms with Crippen LogP contribution in [0.25, 0.3) is 0 Å². The molecule has 0 aliphatic rings. The van der Waals surface area contributed by atoms with E-state index in [1.807, 2.05) is 13.1 Å². The molecule has 1 aromatic carbocycles. The summed E-state index contributed by atoms with van der Waals surface area (Å²) in [6.45, 7) is 4.26. The van der Waals surface area contributed by atoms with E-state index in [0.717, 1.165) is 5.69 Å². The molecule has 2 heteroatoms. The Hall–Kier alpha value is -1.18. The molecule has 0 saturated heterocycles. The zero-order chi connectivity index (χ0) is 9.14. The van der Waals surface area contributed by atoms with Crippen LogP contribution in [-0.2, 0) is 0 Å². The van der Waals surface area contributed by atoms with Crippen LogP contribution in [0.1, 0.15) is 25.3 Å². The molecule has 0 fully saturated rings. The van der Waals surface area contributed by atoms with Crippen molar-refractivity contribution in [3.63, 3.8) is 0 Å². The van der Waals surface area contributed by atoms with Crippen molar-refractivity contribution >= 4 is 5.69 Å². The van der Waals surface area contributed by atoms with Gasteiger partial charge in [-0.3, -0.25) is 0 Å². The minimum absolute atomic E-state index is 0.309. The summed E-state index contributed by atoms with van der Waals surface area (Å²) in [4.78, 5) is 0. The quantitative estimate of drug-likeness (QED) is 0.705. The van der Waals surface area contributed by atoms with Crippen molar-refractivity contribution in [3.8, 4) is 5.75 Å². The number of anilines is 1. The first kappa shape index (κ1) is 8.91. The molecule has 0 aliphatic heterocycles. The summed E-state index contributed by atoms with van der Waals surface area (Å²) in [5.74, 6) is 0.789. The van der Waals surface area contributed by atoms with Gasteiger partial charge in [0, 0.05) is 18.8 Å². The van der Waals surface area contributed by atoms with Crippen molar-refractivity contribution < 1.29 is 5.11 Å². The molecule has 0 spiro atoms. The molecule has 0 aliphatic carbocycles. The van der Waals surface area contributed by atoms with Gasteiger partial charge >= 0.3 is 0 Å². The Labute approximate surface area is 73.2 Å². The molecule has 0 atom stereocenters. The molecule has 2 nitrogen and oxygen atoms in total. The Morgan fingerprint density at radius 1 is 1.33 bits per heavy atom. The lowest BCUT2D eigenvalue weighted by Gasteiger charge is -2.12. The van der Waals surface area contributed by atoms with Gasteiger partial charge in [0.25, 0.3) is 0 Å². The first-order chi connectivity index (χ1) is 5.65. The van der Waals surface area contributed by atoms with E-state index in [4.69, 9.17) is 0 Å². The van der Waals surface area contributed by atoms with Gasteiger partial charge in [0.05, 0.1) is 0 Å². The van der Waals surface area contributed by atoms with Crippen LogP contribution in [0.5, 0.6) is 5.75 Å². The van der Waals surface area contributed by atoms with Crippen molar-refractivity contribution in [2.24, 2.45) is 0 Å². The lowest BCUT2D eigenvalue weighted by molar-refractivity contribution is 0.475. The second-order valence-electron chi connectivity index (χ2n) is 3.18. The highest BCUT2D eigenvalue weighted by Crippen LogP contribution is 2.27. The molecule has 0 amide bonds. The maximum atomic E-state index is 9.21. The predicted octanol–water partition coefficient (Wildman–Crippen LogP) is 2.56. The average Bonchev–Trinajstić information content (AvgIpc) is 2.03. The van der Waals surface area contributed by atoms with Crippen molar-refractivity contribution in [1.29, 1.82) is 0 Å². The lowest BCUT2D eigenvalue weighted by atomic mass is 10.0. The summed E-state index contributed by atoms with van der Waals surface area (Å²) in [5.41, 5.74) is 2.24. The van der Waals surface area contributed by atoms with E-state index in [1.54, 1.807) is 12.1 Å². The van der Waals surface area contributed by atoms with Crippen molar-refractivity contribution in [3.05, 3.63) is 23.8 Å². The van der Waals surface area contributed by atoms with E-state index in [0.29, 0.717) is 11.7 Å². The molecule has 12 heavy (non-hydrogen) atoms. The fourth-order valence-electron chi connectivity index (χ4n) is 1.26. The van der Waals surface area contributed by atoms with Crippen LogP contribution in [0.15, 0.2) is 18.2 Å². The SMILES string of the molecule is CNc1cc(O)ccc1C(C)C. The minimum atomic E-state index is 0.309. The number of hydrogen-bond acceptors (Lipinski definition) is 2. The Kier molecular flexibility index (Phi) is 2.58. The van der Waals surface area contributed by atoms with Crippen LogP contribution in [-0.4, -0.2) is 12.2 Å². The molecular formula is C10H15NO. The van der Waals surface area contributed by atoms with E-state index < -0.39 is 0 Å². The smallest absolute Gasteiger partial charge is 0.117 e. The molecule has 1 rings (SSSR count). The van der Waals surface area contributed by atoms with Gasteiger partial charge in [-0.25, -0.2) is 0 Å². The molecule has 2 N–H and O–H groups in total. The summed E-state index contributed by atoms with van der Waals surface area (Å²) >= 11 is 0. The standard InChI is InChI=1S/C10H15NO/c1-7(2)9-5-4-8(12)6-10(9)11-3/h4-7,11-12H,1-3H3. The van der Waals surface area contributed by atoms with Crippen LogP contribution >= 0.6 is 0 Å². The fourth-order valence-corrected chi connectivity index (χ4v) is 1.26. The highest BCUT2D eigenvalue weighted by Gasteiger charge is 2.05. The summed E-state index contributed by atoms with van der Waals surface area (Å²) in [6, 6.07) is 5.41. The molecular weight excluding hydrogens is 150 g/mol. The van der Waals surface area contributed by atoms with E-state index in [9.17, 15) is 5.11 Å². The van der Waals surface area contributed by atoms with Crippen LogP contribution in [0.4, 0.5) is 5.69 Å². The summed E-state index contributed by atoms with van der Waals surface area (Å²) < 4.78 is 0. The largest absolute Gasteiger partial charge is 0.508 e. The molecule has 0 heterocycles. The Balaban J connectivity index is 3.11. The second-order valence-corrected chi connectivity index (χ2v) is 3.18.